The number of nitrogens with zero attached hydrogens (tertiary/aromatic N) is 1. The summed E-state index contributed by atoms with van der Waals surface area (Å²) in [7, 11) is 0. The predicted octanol–water partition coefficient (Wildman–Crippen LogP) is 1.02. The predicted molar refractivity (Wildman–Crippen MR) is 78.7 cm³/mol. The molecule has 0 spiro atoms. The van der Waals surface area contributed by atoms with E-state index in [9.17, 15) is 14.4 Å². The lowest BCUT2D eigenvalue weighted by Crippen LogP contribution is -2.47. The van der Waals surface area contributed by atoms with Crippen LogP contribution in [0, 0.1) is 5.92 Å². The van der Waals surface area contributed by atoms with Crippen LogP contribution in [0.2, 0.25) is 0 Å². The number of rotatable bonds is 5. The van der Waals surface area contributed by atoms with Crippen molar-refractivity contribution in [1.29, 1.82) is 0 Å². The highest BCUT2D eigenvalue weighted by Crippen LogP contribution is 2.28. The first kappa shape index (κ1) is 15.0. The number of thioether (sulfide) groups is 1. The summed E-state index contributed by atoms with van der Waals surface area (Å²) in [5, 5.41) is 11.7. The third-order valence-electron chi connectivity index (χ3n) is 3.76. The van der Waals surface area contributed by atoms with Gasteiger partial charge in [-0.3, -0.25) is 9.59 Å². The number of carboxylic acid groups (broad SMARTS) is 1. The Hall–Kier alpha value is -1.96. The summed E-state index contributed by atoms with van der Waals surface area (Å²) in [5.41, 5.74) is -0.0788. The maximum atomic E-state index is 12.4. The van der Waals surface area contributed by atoms with E-state index in [1.54, 1.807) is 0 Å². The number of nitrogens with one attached hydrogen (secondary N) is 1. The molecule has 1 aromatic heterocycles. The highest BCUT2D eigenvalue weighted by Gasteiger charge is 2.37. The topological polar surface area (TPSA) is 99.8 Å². The van der Waals surface area contributed by atoms with Crippen LogP contribution in [-0.2, 0) is 4.79 Å². The van der Waals surface area contributed by atoms with Crippen molar-refractivity contribution < 1.29 is 23.9 Å². The molecule has 2 fully saturated rings. The van der Waals surface area contributed by atoms with E-state index < -0.39 is 17.9 Å². The zero-order valence-corrected chi connectivity index (χ0v) is 12.6. The lowest BCUT2D eigenvalue weighted by molar-refractivity contribution is -0.124. The van der Waals surface area contributed by atoms with Gasteiger partial charge in [-0.25, -0.2) is 4.79 Å². The average molecular weight is 324 g/mol. The highest BCUT2D eigenvalue weighted by molar-refractivity contribution is 7.99. The summed E-state index contributed by atoms with van der Waals surface area (Å²) in [6.07, 6.45) is 3.32. The molecule has 1 unspecified atom stereocenters. The Morgan fingerprint density at radius 2 is 2.18 bits per heavy atom. The Morgan fingerprint density at radius 3 is 2.82 bits per heavy atom. The van der Waals surface area contributed by atoms with Crippen molar-refractivity contribution in [3.63, 3.8) is 0 Å². The Kier molecular flexibility index (Phi) is 4.10. The molecule has 3 rings (SSSR count). The van der Waals surface area contributed by atoms with Crippen LogP contribution < -0.4 is 5.32 Å². The molecule has 1 atom stereocenters. The fraction of sp³-hybridized carbons (Fsp3) is 0.500. The molecule has 0 bridgehead atoms. The molecule has 8 heteroatoms. The van der Waals surface area contributed by atoms with Gasteiger partial charge in [0.2, 0.25) is 5.91 Å². The molecule has 1 aromatic rings. The van der Waals surface area contributed by atoms with Crippen molar-refractivity contribution in [2.45, 2.75) is 18.9 Å². The second kappa shape index (κ2) is 6.04. The summed E-state index contributed by atoms with van der Waals surface area (Å²) in [5.74, 6) is -0.319. The van der Waals surface area contributed by atoms with Crippen molar-refractivity contribution in [3.05, 3.63) is 23.7 Å². The Morgan fingerprint density at radius 1 is 1.41 bits per heavy atom. The van der Waals surface area contributed by atoms with Gasteiger partial charge >= 0.3 is 5.97 Å². The summed E-state index contributed by atoms with van der Waals surface area (Å²) in [6.45, 7) is 0.659. The quantitative estimate of drug-likeness (QED) is 0.839. The summed E-state index contributed by atoms with van der Waals surface area (Å²) >= 11 is 1.49. The number of carboxylic acids is 1. The van der Waals surface area contributed by atoms with Gasteiger partial charge in [-0.15, -0.1) is 11.8 Å². The number of aromatic carboxylic acids is 1. The number of carbonyl (C=O) groups excluding carboxylic acids is 2. The number of hydrogen-bond acceptors (Lipinski definition) is 5. The standard InChI is InChI=1S/C14H16N2O5S/c17-12(15-4-8-1-2-8)10-6-22-7-16(10)13(18)11-3-9(5-21-11)14(19)20/h3,5,8,10H,1-2,4,6-7H2,(H,15,17)(H,19,20). The monoisotopic (exact) mass is 324 g/mol. The van der Waals surface area contributed by atoms with Gasteiger partial charge in [-0.1, -0.05) is 0 Å². The maximum absolute atomic E-state index is 12.4. The third kappa shape index (κ3) is 3.11. The summed E-state index contributed by atoms with van der Waals surface area (Å²) < 4.78 is 5.02. The molecule has 2 N–H and O–H groups in total. The van der Waals surface area contributed by atoms with E-state index in [2.05, 4.69) is 5.32 Å². The van der Waals surface area contributed by atoms with E-state index in [1.165, 1.54) is 22.7 Å². The minimum Gasteiger partial charge on any atom is -0.478 e. The summed E-state index contributed by atoms with van der Waals surface area (Å²) in [6, 6.07) is 0.655. The van der Waals surface area contributed by atoms with Crippen LogP contribution >= 0.6 is 11.8 Å². The van der Waals surface area contributed by atoms with Crippen molar-refractivity contribution in [1.82, 2.24) is 10.2 Å². The largest absolute Gasteiger partial charge is 0.478 e. The Bertz CT molecular complexity index is 610. The fourth-order valence-electron chi connectivity index (χ4n) is 2.25. The normalized spacial score (nSPS) is 20.9. The van der Waals surface area contributed by atoms with E-state index >= 15 is 0 Å². The second-order valence-corrected chi connectivity index (χ2v) is 6.48. The van der Waals surface area contributed by atoms with E-state index in [4.69, 9.17) is 9.52 Å². The number of hydrogen-bond donors (Lipinski definition) is 2. The highest BCUT2D eigenvalue weighted by atomic mass is 32.2. The first-order chi connectivity index (χ1) is 10.6. The molecule has 1 saturated carbocycles. The van der Waals surface area contributed by atoms with Crippen molar-refractivity contribution in [2.24, 2.45) is 5.92 Å². The first-order valence-corrected chi connectivity index (χ1v) is 8.20. The molecule has 1 saturated heterocycles. The fourth-order valence-corrected chi connectivity index (χ4v) is 3.40. The molecule has 2 amide bonds. The van der Waals surface area contributed by atoms with Crippen LogP contribution in [0.1, 0.15) is 33.8 Å². The van der Waals surface area contributed by atoms with Gasteiger partial charge in [0.25, 0.3) is 5.91 Å². The summed E-state index contributed by atoms with van der Waals surface area (Å²) in [4.78, 5) is 36.8. The van der Waals surface area contributed by atoms with Crippen LogP contribution in [0.3, 0.4) is 0 Å². The molecule has 1 aliphatic carbocycles. The SMILES string of the molecule is O=C(O)c1coc(C(=O)N2CSCC2C(=O)NCC2CC2)c1. The molecule has 7 nitrogen and oxygen atoms in total. The molecule has 118 valence electrons. The van der Waals surface area contributed by atoms with Gasteiger partial charge in [0.15, 0.2) is 5.76 Å². The minimum atomic E-state index is -1.16. The lowest BCUT2D eigenvalue weighted by Gasteiger charge is -2.22. The van der Waals surface area contributed by atoms with E-state index in [0.29, 0.717) is 24.1 Å². The van der Waals surface area contributed by atoms with Crippen molar-refractivity contribution >= 4 is 29.5 Å². The molecule has 2 heterocycles. The molecule has 2 aliphatic rings. The van der Waals surface area contributed by atoms with Gasteiger partial charge in [0.1, 0.15) is 12.3 Å². The van der Waals surface area contributed by atoms with Crippen molar-refractivity contribution in [2.75, 3.05) is 18.2 Å². The van der Waals surface area contributed by atoms with Gasteiger partial charge in [-0.2, -0.15) is 0 Å². The number of carbonyl (C=O) groups is 3. The van der Waals surface area contributed by atoms with Crippen LogP contribution in [0.5, 0.6) is 0 Å². The van der Waals surface area contributed by atoms with Crippen LogP contribution in [-0.4, -0.2) is 52.0 Å². The number of amides is 2. The van der Waals surface area contributed by atoms with E-state index in [-0.39, 0.29) is 17.2 Å². The smallest absolute Gasteiger partial charge is 0.338 e. The van der Waals surface area contributed by atoms with Gasteiger partial charge in [0.05, 0.1) is 11.4 Å². The molecule has 0 aromatic carbocycles. The maximum Gasteiger partial charge on any atom is 0.338 e. The average Bonchev–Trinajstić information content (AvgIpc) is 3.02. The van der Waals surface area contributed by atoms with Gasteiger partial charge in [0, 0.05) is 18.4 Å². The molecule has 0 radical (unpaired) electrons. The Balaban J connectivity index is 1.66. The molecule has 22 heavy (non-hydrogen) atoms. The van der Waals surface area contributed by atoms with E-state index in [1.807, 2.05) is 0 Å². The van der Waals surface area contributed by atoms with Gasteiger partial charge in [-0.05, 0) is 18.8 Å². The first-order valence-electron chi connectivity index (χ1n) is 7.04. The zero-order valence-electron chi connectivity index (χ0n) is 11.8. The molecular formula is C14H16N2O5S. The zero-order chi connectivity index (χ0) is 15.7. The van der Waals surface area contributed by atoms with Crippen LogP contribution in [0.4, 0.5) is 0 Å². The third-order valence-corrected chi connectivity index (χ3v) is 4.78. The second-order valence-electron chi connectivity index (χ2n) is 5.48. The van der Waals surface area contributed by atoms with Crippen LogP contribution in [0.15, 0.2) is 16.7 Å². The number of furan rings is 1. The molecular weight excluding hydrogens is 308 g/mol. The van der Waals surface area contributed by atoms with Crippen LogP contribution in [0.25, 0.3) is 0 Å². The molecule has 1 aliphatic heterocycles. The van der Waals surface area contributed by atoms with Crippen molar-refractivity contribution in [3.8, 4) is 0 Å². The Labute approximate surface area is 131 Å². The lowest BCUT2D eigenvalue weighted by atomic mass is 10.2. The van der Waals surface area contributed by atoms with Gasteiger partial charge < -0.3 is 19.7 Å². The minimum absolute atomic E-state index is 0.0557. The van der Waals surface area contributed by atoms with E-state index in [0.717, 1.165) is 19.1 Å².